The molecule has 0 unspecified atom stereocenters. The average molecular weight is 1860 g/mol. The molecule has 1 saturated carbocycles. The van der Waals surface area contributed by atoms with Crippen molar-refractivity contribution in [1.82, 2.24) is 19.9 Å². The Morgan fingerprint density at radius 2 is 0.761 bits per heavy atom. The summed E-state index contributed by atoms with van der Waals surface area (Å²) in [5.74, 6) is 0. The van der Waals surface area contributed by atoms with Crippen LogP contribution in [0.3, 0.4) is 0 Å². The van der Waals surface area contributed by atoms with Crippen LogP contribution in [-0.2, 0) is 91.3 Å². The standard InChI is InChI=1S/C21H18N.C21H20N.2C19H16N.4Ir/c1-21(11-12-21)19-10-13-22-20(15-19)18-9-5-8-17(14-18)16-6-3-2-4-7-16;1-21(2,3)19-12-13-20(22-15-19)18-11-7-10-17(14-18)16-8-5-4-6-9-16;1-14-11-19(20-13-15(14)2)18-10-6-9-17(12-18)16-7-4-3-5-8-16;1-14-11-15(2)20-19(12-14)18-10-6-9-17(13-18)16-7-4-3-5-8-16;;;;/h2-8,10,13-15H,11-12H2,1H3;4-10,12-15H,1-3H3;2*3-9,11-13H,1-2H3;;;;/q4*-1;;;;. The van der Waals surface area contributed by atoms with E-state index in [0.717, 1.165) is 50.7 Å². The largest absolute Gasteiger partial charge is 0.305 e. The van der Waals surface area contributed by atoms with Crippen LogP contribution in [0.1, 0.15) is 74.0 Å². The first kappa shape index (κ1) is 70.0. The summed E-state index contributed by atoms with van der Waals surface area (Å²) in [5, 5.41) is 0. The monoisotopic (exact) mass is 1860 g/mol. The normalized spacial score (nSPS) is 11.5. The van der Waals surface area contributed by atoms with Gasteiger partial charge in [-0.25, -0.2) is 0 Å². The summed E-state index contributed by atoms with van der Waals surface area (Å²) in [5.41, 5.74) is 25.6. The molecule has 4 radical (unpaired) electrons. The van der Waals surface area contributed by atoms with Gasteiger partial charge in [0.2, 0.25) is 0 Å². The van der Waals surface area contributed by atoms with E-state index in [0.29, 0.717) is 5.41 Å². The number of pyridine rings is 4. The molecule has 450 valence electrons. The van der Waals surface area contributed by atoms with Crippen molar-refractivity contribution in [1.29, 1.82) is 0 Å². The fourth-order valence-corrected chi connectivity index (χ4v) is 9.88. The van der Waals surface area contributed by atoms with Crippen LogP contribution in [0.5, 0.6) is 0 Å². The second kappa shape index (κ2) is 33.0. The van der Waals surface area contributed by atoms with Gasteiger partial charge in [0.05, 0.1) is 0 Å². The average Bonchev–Trinajstić information content (AvgIpc) is 4.46. The first-order valence-corrected chi connectivity index (χ1v) is 28.9. The van der Waals surface area contributed by atoms with E-state index in [1.165, 1.54) is 85.2 Å². The van der Waals surface area contributed by atoms with Crippen LogP contribution in [0.4, 0.5) is 0 Å². The van der Waals surface area contributed by atoms with Gasteiger partial charge in [-0.15, -0.1) is 142 Å². The molecule has 0 aliphatic heterocycles. The van der Waals surface area contributed by atoms with Crippen LogP contribution in [0.25, 0.3) is 89.5 Å². The third kappa shape index (κ3) is 19.0. The zero-order valence-electron chi connectivity index (χ0n) is 50.8. The smallest absolute Gasteiger partial charge is 0.0268 e. The van der Waals surface area contributed by atoms with Gasteiger partial charge in [0.25, 0.3) is 0 Å². The maximum atomic E-state index is 4.62. The topological polar surface area (TPSA) is 51.6 Å². The minimum absolute atomic E-state index is 0. The van der Waals surface area contributed by atoms with Gasteiger partial charge in [0.1, 0.15) is 0 Å². The predicted molar refractivity (Wildman–Crippen MR) is 350 cm³/mol. The molecular weight excluding hydrogens is 1790 g/mol. The van der Waals surface area contributed by atoms with E-state index >= 15 is 0 Å². The molecule has 8 heteroatoms. The van der Waals surface area contributed by atoms with Crippen LogP contribution in [0.15, 0.2) is 255 Å². The Bertz CT molecular complexity index is 4090. The Hall–Kier alpha value is -7.04. The molecule has 0 saturated heterocycles. The minimum Gasteiger partial charge on any atom is -0.305 e. The molecule has 13 rings (SSSR count). The van der Waals surface area contributed by atoms with E-state index in [-0.39, 0.29) is 85.8 Å². The molecule has 0 amide bonds. The van der Waals surface area contributed by atoms with E-state index in [2.05, 4.69) is 281 Å². The zero-order valence-corrected chi connectivity index (χ0v) is 60.4. The maximum Gasteiger partial charge on any atom is 0.0268 e. The number of rotatable bonds is 9. The maximum absolute atomic E-state index is 4.62. The number of aryl methyl sites for hydroxylation is 4. The van der Waals surface area contributed by atoms with Crippen molar-refractivity contribution < 1.29 is 80.4 Å². The number of benzene rings is 8. The van der Waals surface area contributed by atoms with Crippen molar-refractivity contribution in [3.8, 4) is 89.5 Å². The van der Waals surface area contributed by atoms with Gasteiger partial charge in [-0.2, -0.15) is 0 Å². The first-order chi connectivity index (χ1) is 40.7. The van der Waals surface area contributed by atoms with E-state index < -0.39 is 0 Å². The molecule has 0 N–H and O–H groups in total. The third-order valence-electron chi connectivity index (χ3n) is 15.3. The van der Waals surface area contributed by atoms with Gasteiger partial charge in [-0.05, 0) is 125 Å². The van der Waals surface area contributed by atoms with Gasteiger partial charge >= 0.3 is 0 Å². The molecular formula is C80H70Ir4N4-4. The Morgan fingerprint density at radius 1 is 0.364 bits per heavy atom. The van der Waals surface area contributed by atoms with Crippen molar-refractivity contribution in [2.45, 2.75) is 79.1 Å². The van der Waals surface area contributed by atoms with E-state index in [1.54, 1.807) is 0 Å². The molecule has 4 heterocycles. The molecule has 0 atom stereocenters. The molecule has 0 spiro atoms. The Labute approximate surface area is 576 Å². The molecule has 0 bridgehead atoms. The Balaban J connectivity index is 0.000000185. The van der Waals surface area contributed by atoms with Crippen LogP contribution in [-0.4, -0.2) is 19.9 Å². The van der Waals surface area contributed by atoms with Crippen molar-refractivity contribution in [2.75, 3.05) is 0 Å². The summed E-state index contributed by atoms with van der Waals surface area (Å²) in [7, 11) is 0. The molecule has 4 aromatic heterocycles. The first-order valence-electron chi connectivity index (χ1n) is 28.9. The molecule has 1 aliphatic carbocycles. The Morgan fingerprint density at radius 3 is 1.14 bits per heavy atom. The fourth-order valence-electron chi connectivity index (χ4n) is 9.88. The molecule has 12 aromatic rings. The molecule has 4 nitrogen and oxygen atoms in total. The quantitative estimate of drug-likeness (QED) is 0.135. The summed E-state index contributed by atoms with van der Waals surface area (Å²) >= 11 is 0. The summed E-state index contributed by atoms with van der Waals surface area (Å²) in [6.45, 7) is 17.2. The van der Waals surface area contributed by atoms with E-state index in [9.17, 15) is 0 Å². The van der Waals surface area contributed by atoms with Crippen LogP contribution in [0.2, 0.25) is 0 Å². The van der Waals surface area contributed by atoms with Gasteiger partial charge in [-0.1, -0.05) is 190 Å². The van der Waals surface area contributed by atoms with E-state index in [1.807, 2.05) is 74.0 Å². The van der Waals surface area contributed by atoms with Crippen molar-refractivity contribution >= 4 is 0 Å². The number of hydrogen-bond acceptors (Lipinski definition) is 4. The van der Waals surface area contributed by atoms with Gasteiger partial charge in [-0.3, -0.25) is 0 Å². The molecule has 1 aliphatic rings. The number of aromatic nitrogens is 4. The molecule has 88 heavy (non-hydrogen) atoms. The summed E-state index contributed by atoms with van der Waals surface area (Å²) < 4.78 is 0. The summed E-state index contributed by atoms with van der Waals surface area (Å²) in [6.07, 6.45) is 8.39. The number of hydrogen-bond donors (Lipinski definition) is 0. The summed E-state index contributed by atoms with van der Waals surface area (Å²) in [4.78, 5) is 18.3. The fraction of sp³-hybridized carbons (Fsp3) is 0.150. The zero-order chi connectivity index (χ0) is 58.5. The van der Waals surface area contributed by atoms with Crippen molar-refractivity contribution in [2.24, 2.45) is 0 Å². The van der Waals surface area contributed by atoms with Crippen LogP contribution >= 0.6 is 0 Å². The minimum atomic E-state index is 0. The van der Waals surface area contributed by atoms with Crippen LogP contribution < -0.4 is 0 Å². The Kier molecular flexibility index (Phi) is 26.2. The van der Waals surface area contributed by atoms with Crippen LogP contribution in [0, 0.1) is 52.0 Å². The van der Waals surface area contributed by atoms with Crippen molar-refractivity contribution in [3.63, 3.8) is 0 Å². The van der Waals surface area contributed by atoms with Gasteiger partial charge in [0, 0.05) is 105 Å². The predicted octanol–water partition coefficient (Wildman–Crippen LogP) is 20.4. The van der Waals surface area contributed by atoms with Crippen molar-refractivity contribution in [3.05, 3.63) is 313 Å². The van der Waals surface area contributed by atoms with Gasteiger partial charge < -0.3 is 19.9 Å². The molecule has 8 aromatic carbocycles. The summed E-state index contributed by atoms with van der Waals surface area (Å²) in [6, 6.07) is 94.6. The van der Waals surface area contributed by atoms with E-state index in [4.69, 9.17) is 0 Å². The second-order valence-corrected chi connectivity index (χ2v) is 22.9. The van der Waals surface area contributed by atoms with Gasteiger partial charge in [0.15, 0.2) is 0 Å². The second-order valence-electron chi connectivity index (χ2n) is 22.9. The number of nitrogens with zero attached hydrogens (tertiary/aromatic N) is 4. The third-order valence-corrected chi connectivity index (χ3v) is 15.3. The SMILES string of the molecule is CC(C)(C)c1ccc(-c2[c-]ccc(-c3ccccc3)c2)nc1.CC1(c2ccnc(-c3[c-]ccc(-c4ccccc4)c3)c2)CC1.Cc1cc(C)nc(-c2[c-]ccc(-c3ccccc3)c2)c1.Cc1cnc(-c2[c-]ccc(-c3ccccc3)c2)cc1C.[Ir].[Ir].[Ir].[Ir]. The molecule has 1 fully saturated rings.